The standard InChI is InChI=1S/C7H12ClN3/c1-5-6(4-9-2)7(8)11(3)10-5/h9H,4H2,1-3H3. The van der Waals surface area contributed by atoms with E-state index in [0.717, 1.165) is 23.0 Å². The van der Waals surface area contributed by atoms with Crippen LogP contribution in [0.2, 0.25) is 5.15 Å². The van der Waals surface area contributed by atoms with Gasteiger partial charge in [0.2, 0.25) is 0 Å². The number of nitrogens with zero attached hydrogens (tertiary/aromatic N) is 2. The summed E-state index contributed by atoms with van der Waals surface area (Å²) in [6.07, 6.45) is 0. The molecule has 1 rings (SSSR count). The summed E-state index contributed by atoms with van der Waals surface area (Å²) in [5.74, 6) is 0. The molecule has 3 nitrogen and oxygen atoms in total. The minimum absolute atomic E-state index is 0.719. The van der Waals surface area contributed by atoms with Gasteiger partial charge in [-0.25, -0.2) is 0 Å². The highest BCUT2D eigenvalue weighted by molar-refractivity contribution is 6.30. The van der Waals surface area contributed by atoms with E-state index in [2.05, 4.69) is 10.4 Å². The maximum atomic E-state index is 5.95. The molecule has 0 atom stereocenters. The topological polar surface area (TPSA) is 29.9 Å². The average Bonchev–Trinajstić information content (AvgIpc) is 2.17. The van der Waals surface area contributed by atoms with Crippen molar-refractivity contribution in [2.75, 3.05) is 7.05 Å². The van der Waals surface area contributed by atoms with Crippen LogP contribution in [0.3, 0.4) is 0 Å². The molecule has 1 aromatic heterocycles. The van der Waals surface area contributed by atoms with Gasteiger partial charge in [0.15, 0.2) is 0 Å². The van der Waals surface area contributed by atoms with Gasteiger partial charge in [0.25, 0.3) is 0 Å². The van der Waals surface area contributed by atoms with Crippen LogP contribution in [-0.4, -0.2) is 16.8 Å². The van der Waals surface area contributed by atoms with E-state index in [1.54, 1.807) is 4.68 Å². The van der Waals surface area contributed by atoms with Crippen molar-refractivity contribution >= 4 is 11.6 Å². The zero-order valence-electron chi connectivity index (χ0n) is 6.98. The third-order valence-electron chi connectivity index (χ3n) is 1.62. The second-order valence-electron chi connectivity index (χ2n) is 2.51. The van der Waals surface area contributed by atoms with Gasteiger partial charge in [0, 0.05) is 19.2 Å². The Kier molecular flexibility index (Phi) is 2.52. The lowest BCUT2D eigenvalue weighted by Gasteiger charge is -1.96. The SMILES string of the molecule is CNCc1c(C)nn(C)c1Cl. The molecular formula is C7H12ClN3. The molecular weight excluding hydrogens is 162 g/mol. The van der Waals surface area contributed by atoms with Crippen molar-refractivity contribution < 1.29 is 0 Å². The summed E-state index contributed by atoms with van der Waals surface area (Å²) in [6.45, 7) is 2.73. The lowest BCUT2D eigenvalue weighted by molar-refractivity contribution is 0.756. The van der Waals surface area contributed by atoms with Crippen LogP contribution in [0.1, 0.15) is 11.3 Å². The zero-order valence-corrected chi connectivity index (χ0v) is 7.74. The molecule has 0 saturated heterocycles. The van der Waals surface area contributed by atoms with Crippen LogP contribution in [0, 0.1) is 6.92 Å². The second kappa shape index (κ2) is 3.24. The molecule has 0 spiro atoms. The molecule has 0 fully saturated rings. The van der Waals surface area contributed by atoms with Gasteiger partial charge in [-0.05, 0) is 14.0 Å². The molecule has 0 amide bonds. The fourth-order valence-corrected chi connectivity index (χ4v) is 1.29. The van der Waals surface area contributed by atoms with Gasteiger partial charge in [-0.1, -0.05) is 11.6 Å². The highest BCUT2D eigenvalue weighted by Crippen LogP contribution is 2.17. The van der Waals surface area contributed by atoms with E-state index in [1.807, 2.05) is 21.0 Å². The van der Waals surface area contributed by atoms with Crippen molar-refractivity contribution in [2.24, 2.45) is 7.05 Å². The molecule has 62 valence electrons. The molecule has 0 aromatic carbocycles. The molecule has 0 bridgehead atoms. The maximum absolute atomic E-state index is 5.95. The highest BCUT2D eigenvalue weighted by atomic mass is 35.5. The Balaban J connectivity index is 3.02. The molecule has 0 saturated carbocycles. The van der Waals surface area contributed by atoms with E-state index in [0.29, 0.717) is 0 Å². The second-order valence-corrected chi connectivity index (χ2v) is 2.87. The Bertz CT molecular complexity index is 254. The molecule has 0 unspecified atom stereocenters. The minimum Gasteiger partial charge on any atom is -0.316 e. The first kappa shape index (κ1) is 8.56. The number of hydrogen-bond donors (Lipinski definition) is 1. The average molecular weight is 174 g/mol. The fraction of sp³-hybridized carbons (Fsp3) is 0.571. The summed E-state index contributed by atoms with van der Waals surface area (Å²) in [6, 6.07) is 0. The van der Waals surface area contributed by atoms with Crippen molar-refractivity contribution in [3.8, 4) is 0 Å². The lowest BCUT2D eigenvalue weighted by Crippen LogP contribution is -2.05. The molecule has 0 aliphatic heterocycles. The van der Waals surface area contributed by atoms with Gasteiger partial charge < -0.3 is 5.32 Å². The maximum Gasteiger partial charge on any atom is 0.131 e. The van der Waals surface area contributed by atoms with Gasteiger partial charge in [-0.3, -0.25) is 4.68 Å². The number of nitrogens with one attached hydrogen (secondary N) is 1. The Hall–Kier alpha value is -0.540. The smallest absolute Gasteiger partial charge is 0.131 e. The summed E-state index contributed by atoms with van der Waals surface area (Å²) in [7, 11) is 3.73. The number of halogens is 1. The number of rotatable bonds is 2. The highest BCUT2D eigenvalue weighted by Gasteiger charge is 2.08. The summed E-state index contributed by atoms with van der Waals surface area (Å²) < 4.78 is 1.68. The van der Waals surface area contributed by atoms with Gasteiger partial charge in [-0.2, -0.15) is 5.10 Å². The van der Waals surface area contributed by atoms with Gasteiger partial charge >= 0.3 is 0 Å². The van der Waals surface area contributed by atoms with Crippen LogP contribution in [0.15, 0.2) is 0 Å². The van der Waals surface area contributed by atoms with Gasteiger partial charge in [0.05, 0.1) is 5.69 Å². The third kappa shape index (κ3) is 1.54. The van der Waals surface area contributed by atoms with E-state index >= 15 is 0 Å². The van der Waals surface area contributed by atoms with Crippen LogP contribution in [0.4, 0.5) is 0 Å². The van der Waals surface area contributed by atoms with Crippen molar-refractivity contribution in [3.05, 3.63) is 16.4 Å². The molecule has 11 heavy (non-hydrogen) atoms. The quantitative estimate of drug-likeness (QED) is 0.726. The van der Waals surface area contributed by atoms with E-state index in [9.17, 15) is 0 Å². The number of hydrogen-bond acceptors (Lipinski definition) is 2. The molecule has 1 heterocycles. The predicted molar refractivity (Wildman–Crippen MR) is 45.7 cm³/mol. The summed E-state index contributed by atoms with van der Waals surface area (Å²) >= 11 is 5.95. The van der Waals surface area contributed by atoms with Crippen LogP contribution in [0.5, 0.6) is 0 Å². The van der Waals surface area contributed by atoms with Crippen LogP contribution in [-0.2, 0) is 13.6 Å². The zero-order chi connectivity index (χ0) is 8.43. The van der Waals surface area contributed by atoms with E-state index in [4.69, 9.17) is 11.6 Å². The van der Waals surface area contributed by atoms with Crippen molar-refractivity contribution in [3.63, 3.8) is 0 Å². The summed E-state index contributed by atoms with van der Waals surface area (Å²) in [5, 5.41) is 7.93. The van der Waals surface area contributed by atoms with E-state index in [-0.39, 0.29) is 0 Å². The molecule has 0 aliphatic rings. The molecule has 1 aromatic rings. The van der Waals surface area contributed by atoms with Crippen LogP contribution in [0.25, 0.3) is 0 Å². The van der Waals surface area contributed by atoms with Crippen molar-refractivity contribution in [1.29, 1.82) is 0 Å². The first-order valence-electron chi connectivity index (χ1n) is 3.49. The minimum atomic E-state index is 0.719. The van der Waals surface area contributed by atoms with E-state index in [1.165, 1.54) is 0 Å². The first-order chi connectivity index (χ1) is 5.16. The number of aromatic nitrogens is 2. The molecule has 0 aliphatic carbocycles. The van der Waals surface area contributed by atoms with Crippen LogP contribution >= 0.6 is 11.6 Å². The monoisotopic (exact) mass is 173 g/mol. The Morgan fingerprint density at radius 1 is 1.64 bits per heavy atom. The predicted octanol–water partition coefficient (Wildman–Crippen LogP) is 1.10. The molecule has 1 N–H and O–H groups in total. The molecule has 0 radical (unpaired) electrons. The summed E-state index contributed by atoms with van der Waals surface area (Å²) in [5.41, 5.74) is 2.07. The van der Waals surface area contributed by atoms with Gasteiger partial charge in [0.1, 0.15) is 5.15 Å². The lowest BCUT2D eigenvalue weighted by atomic mass is 10.3. The molecule has 4 heteroatoms. The third-order valence-corrected chi connectivity index (χ3v) is 2.10. The van der Waals surface area contributed by atoms with E-state index < -0.39 is 0 Å². The van der Waals surface area contributed by atoms with Crippen molar-refractivity contribution in [1.82, 2.24) is 15.1 Å². The largest absolute Gasteiger partial charge is 0.316 e. The van der Waals surface area contributed by atoms with Crippen molar-refractivity contribution in [2.45, 2.75) is 13.5 Å². The fourth-order valence-electron chi connectivity index (χ4n) is 1.05. The Morgan fingerprint density at radius 3 is 2.64 bits per heavy atom. The van der Waals surface area contributed by atoms with Gasteiger partial charge in [-0.15, -0.1) is 0 Å². The van der Waals surface area contributed by atoms with Crippen LogP contribution < -0.4 is 5.32 Å². The Labute approximate surface area is 71.4 Å². The summed E-state index contributed by atoms with van der Waals surface area (Å²) in [4.78, 5) is 0. The Morgan fingerprint density at radius 2 is 2.27 bits per heavy atom. The number of aryl methyl sites for hydroxylation is 2. The normalized spacial score (nSPS) is 10.5. The first-order valence-corrected chi connectivity index (χ1v) is 3.87.